The van der Waals surface area contributed by atoms with Crippen LogP contribution in [0.2, 0.25) is 10.0 Å². The molecule has 0 aliphatic carbocycles. The summed E-state index contributed by atoms with van der Waals surface area (Å²) in [4.78, 5) is 14.4. The molecule has 0 fully saturated rings. The maximum atomic E-state index is 12.4. The molecule has 138 valence electrons. The number of benzene rings is 2. The minimum absolute atomic E-state index is 0.0429. The van der Waals surface area contributed by atoms with E-state index >= 15 is 0 Å². The predicted molar refractivity (Wildman–Crippen MR) is 103 cm³/mol. The number of hydrogen-bond donors (Lipinski definition) is 2. The van der Waals surface area contributed by atoms with Gasteiger partial charge in [0.2, 0.25) is 15.9 Å². The van der Waals surface area contributed by atoms with Crippen LogP contribution in [0.3, 0.4) is 0 Å². The fourth-order valence-corrected chi connectivity index (χ4v) is 3.95. The van der Waals surface area contributed by atoms with Gasteiger partial charge in [-0.05, 0) is 49.2 Å². The Bertz CT molecular complexity index is 979. The summed E-state index contributed by atoms with van der Waals surface area (Å²) in [6.07, 6.45) is 0.629. The average Bonchev–Trinajstić information content (AvgIpc) is 2.86. The highest BCUT2D eigenvalue weighted by Crippen LogP contribution is 2.34. The highest BCUT2D eigenvalue weighted by atomic mass is 35.5. The van der Waals surface area contributed by atoms with E-state index in [9.17, 15) is 13.2 Å². The molecule has 1 amide bonds. The van der Waals surface area contributed by atoms with Crippen molar-refractivity contribution in [1.82, 2.24) is 0 Å². The van der Waals surface area contributed by atoms with E-state index < -0.39 is 10.0 Å². The summed E-state index contributed by atoms with van der Waals surface area (Å²) >= 11 is 12.1. The van der Waals surface area contributed by atoms with Crippen LogP contribution in [-0.2, 0) is 21.2 Å². The lowest BCUT2D eigenvalue weighted by atomic mass is 10.1. The van der Waals surface area contributed by atoms with Crippen molar-refractivity contribution >= 4 is 50.5 Å². The number of halogens is 2. The molecule has 0 saturated carbocycles. The minimum atomic E-state index is -3.76. The first kappa shape index (κ1) is 19.0. The lowest BCUT2D eigenvalue weighted by Gasteiger charge is -2.24. The van der Waals surface area contributed by atoms with Crippen molar-refractivity contribution in [2.45, 2.75) is 24.3 Å². The third kappa shape index (κ3) is 3.81. The summed E-state index contributed by atoms with van der Waals surface area (Å²) < 4.78 is 23.0. The molecule has 6 nitrogen and oxygen atoms in total. The fourth-order valence-electron chi connectivity index (χ4n) is 3.03. The molecule has 2 aromatic rings. The highest BCUT2D eigenvalue weighted by molar-refractivity contribution is 7.89. The maximum absolute atomic E-state index is 12.4. The second-order valence-electron chi connectivity index (χ2n) is 6.17. The number of primary sulfonamides is 1. The molecule has 1 atom stereocenters. The van der Waals surface area contributed by atoms with Gasteiger partial charge in [-0.1, -0.05) is 29.3 Å². The molecule has 26 heavy (non-hydrogen) atoms. The van der Waals surface area contributed by atoms with Crippen LogP contribution in [0.1, 0.15) is 12.5 Å². The molecule has 3 N–H and O–H groups in total. The Labute approximate surface area is 161 Å². The van der Waals surface area contributed by atoms with Crippen molar-refractivity contribution in [3.8, 4) is 0 Å². The van der Waals surface area contributed by atoms with Gasteiger partial charge in [-0.3, -0.25) is 4.79 Å². The Kier molecular flexibility index (Phi) is 5.16. The van der Waals surface area contributed by atoms with Gasteiger partial charge in [-0.15, -0.1) is 0 Å². The summed E-state index contributed by atoms with van der Waals surface area (Å²) in [7, 11) is -3.76. The van der Waals surface area contributed by atoms with Crippen LogP contribution in [0, 0.1) is 0 Å². The van der Waals surface area contributed by atoms with Crippen LogP contribution >= 0.6 is 23.2 Å². The second-order valence-corrected chi connectivity index (χ2v) is 8.51. The third-order valence-corrected chi connectivity index (χ3v) is 6.01. The van der Waals surface area contributed by atoms with E-state index in [0.717, 1.165) is 11.3 Å². The Hall–Kier alpha value is -1.80. The number of anilines is 2. The zero-order valence-corrected chi connectivity index (χ0v) is 16.2. The number of rotatable bonds is 4. The van der Waals surface area contributed by atoms with E-state index in [-0.39, 0.29) is 28.4 Å². The summed E-state index contributed by atoms with van der Waals surface area (Å²) in [6, 6.07) is 9.75. The molecule has 1 unspecified atom stereocenters. The molecule has 1 heterocycles. The maximum Gasteiger partial charge on any atom is 0.243 e. The normalized spacial score (nSPS) is 16.5. The first-order valence-electron chi connectivity index (χ1n) is 7.83. The predicted octanol–water partition coefficient (Wildman–Crippen LogP) is 3.03. The largest absolute Gasteiger partial charge is 0.359 e. The number of carbonyl (C=O) groups is 1. The molecular weight excluding hydrogens is 397 g/mol. The smallest absolute Gasteiger partial charge is 0.243 e. The number of nitrogens with zero attached hydrogens (tertiary/aromatic N) is 1. The molecule has 0 saturated heterocycles. The van der Waals surface area contributed by atoms with E-state index in [1.165, 1.54) is 6.07 Å². The number of carbonyl (C=O) groups excluding carboxylic acids is 1. The summed E-state index contributed by atoms with van der Waals surface area (Å²) in [6.45, 7) is 2.07. The number of hydrogen-bond acceptors (Lipinski definition) is 4. The van der Waals surface area contributed by atoms with Crippen LogP contribution in [-0.4, -0.2) is 26.9 Å². The Morgan fingerprint density at radius 2 is 2.04 bits per heavy atom. The van der Waals surface area contributed by atoms with Crippen molar-refractivity contribution < 1.29 is 13.2 Å². The lowest BCUT2D eigenvalue weighted by molar-refractivity contribution is -0.115. The van der Waals surface area contributed by atoms with E-state index in [1.54, 1.807) is 30.3 Å². The zero-order valence-electron chi connectivity index (χ0n) is 13.9. The summed E-state index contributed by atoms with van der Waals surface area (Å²) in [5.74, 6) is -0.246. The van der Waals surface area contributed by atoms with Crippen LogP contribution in [0.4, 0.5) is 11.4 Å². The van der Waals surface area contributed by atoms with Gasteiger partial charge in [0.15, 0.2) is 0 Å². The van der Waals surface area contributed by atoms with Gasteiger partial charge in [0.05, 0.1) is 27.2 Å². The van der Waals surface area contributed by atoms with Crippen molar-refractivity contribution in [3.63, 3.8) is 0 Å². The van der Waals surface area contributed by atoms with Crippen molar-refractivity contribution in [3.05, 3.63) is 52.0 Å². The third-order valence-electron chi connectivity index (χ3n) is 4.28. The van der Waals surface area contributed by atoms with Gasteiger partial charge in [0, 0.05) is 11.7 Å². The monoisotopic (exact) mass is 413 g/mol. The zero-order chi connectivity index (χ0) is 19.1. The number of fused-ring (bicyclic) bond motifs is 1. The van der Waals surface area contributed by atoms with Gasteiger partial charge in [-0.25, -0.2) is 13.6 Å². The topological polar surface area (TPSA) is 92.5 Å². The summed E-state index contributed by atoms with van der Waals surface area (Å²) in [5, 5.41) is 8.58. The molecule has 1 aliphatic heterocycles. The molecular formula is C17H17Cl2N3O3S. The Morgan fingerprint density at radius 3 is 2.73 bits per heavy atom. The number of nitrogens with two attached hydrogens (primary N) is 1. The standard InChI is InChI=1S/C17H17Cl2N3O3S/c1-10-7-11-8-12(26(20,24)25)5-6-15(11)22(10)9-16(23)21-14-4-2-3-13(18)17(14)19/h2-6,8,10H,7,9H2,1H3,(H,21,23)(H2,20,24,25). The molecule has 9 heteroatoms. The van der Waals surface area contributed by atoms with Gasteiger partial charge in [0.25, 0.3) is 0 Å². The van der Waals surface area contributed by atoms with E-state index in [4.69, 9.17) is 28.3 Å². The second kappa shape index (κ2) is 7.08. The lowest BCUT2D eigenvalue weighted by Crippen LogP contribution is -2.37. The van der Waals surface area contributed by atoms with Gasteiger partial charge < -0.3 is 10.2 Å². The van der Waals surface area contributed by atoms with Crippen LogP contribution in [0.15, 0.2) is 41.3 Å². The highest BCUT2D eigenvalue weighted by Gasteiger charge is 2.28. The van der Waals surface area contributed by atoms with Crippen LogP contribution in [0.25, 0.3) is 0 Å². The SMILES string of the molecule is CC1Cc2cc(S(N)(=O)=O)ccc2N1CC(=O)Nc1cccc(Cl)c1Cl. The average molecular weight is 414 g/mol. The molecule has 2 aromatic carbocycles. The van der Waals surface area contributed by atoms with Gasteiger partial charge >= 0.3 is 0 Å². The number of amides is 1. The molecule has 0 bridgehead atoms. The first-order chi connectivity index (χ1) is 12.2. The van der Waals surface area contributed by atoms with Crippen LogP contribution < -0.4 is 15.4 Å². The van der Waals surface area contributed by atoms with Crippen LogP contribution in [0.5, 0.6) is 0 Å². The molecule has 0 spiro atoms. The fraction of sp³-hybridized carbons (Fsp3) is 0.235. The van der Waals surface area contributed by atoms with E-state index in [2.05, 4.69) is 5.32 Å². The van der Waals surface area contributed by atoms with Gasteiger partial charge in [0.1, 0.15) is 0 Å². The Morgan fingerprint density at radius 1 is 1.31 bits per heavy atom. The Balaban J connectivity index is 1.79. The number of sulfonamides is 1. The van der Waals surface area contributed by atoms with E-state index in [1.807, 2.05) is 11.8 Å². The molecule has 1 aliphatic rings. The number of nitrogens with one attached hydrogen (secondary N) is 1. The van der Waals surface area contributed by atoms with Gasteiger partial charge in [-0.2, -0.15) is 0 Å². The van der Waals surface area contributed by atoms with Crippen molar-refractivity contribution in [2.75, 3.05) is 16.8 Å². The molecule has 0 radical (unpaired) electrons. The molecule has 0 aromatic heterocycles. The van der Waals surface area contributed by atoms with E-state index in [0.29, 0.717) is 17.1 Å². The quantitative estimate of drug-likeness (QED) is 0.805. The summed E-state index contributed by atoms with van der Waals surface area (Å²) in [5.41, 5.74) is 2.11. The van der Waals surface area contributed by atoms with Crippen molar-refractivity contribution in [2.24, 2.45) is 5.14 Å². The molecule has 3 rings (SSSR count). The first-order valence-corrected chi connectivity index (χ1v) is 10.1. The minimum Gasteiger partial charge on any atom is -0.359 e. The van der Waals surface area contributed by atoms with Crippen molar-refractivity contribution in [1.29, 1.82) is 0 Å².